The number of benzene rings is 1. The number of fused-ring (bicyclic) bond motifs is 1. The largest absolute Gasteiger partial charge is 0.204 e. The van der Waals surface area contributed by atoms with Crippen molar-refractivity contribution < 1.29 is 8.78 Å². The first-order chi connectivity index (χ1) is 6.20. The molecule has 2 aromatic rings. The molecule has 0 unspecified atom stereocenters. The lowest BCUT2D eigenvalue weighted by Crippen LogP contribution is -1.79. The molecule has 0 saturated carbocycles. The molecule has 0 spiro atoms. The van der Waals surface area contributed by atoms with Crippen molar-refractivity contribution >= 4 is 33.2 Å². The molecule has 0 aliphatic heterocycles. The van der Waals surface area contributed by atoms with E-state index in [1.165, 1.54) is 23.5 Å². The summed E-state index contributed by atoms with van der Waals surface area (Å²) in [6.07, 6.45) is 1.94. The monoisotopic (exact) mass is 216 g/mol. The minimum absolute atomic E-state index is 0.772. The van der Waals surface area contributed by atoms with Crippen LogP contribution in [0.5, 0.6) is 0 Å². The van der Waals surface area contributed by atoms with E-state index in [0.717, 1.165) is 14.3 Å². The highest BCUT2D eigenvalue weighted by Crippen LogP contribution is 2.32. The van der Waals surface area contributed by atoms with Crippen molar-refractivity contribution in [2.45, 2.75) is 4.21 Å². The van der Waals surface area contributed by atoms with Crippen LogP contribution in [0.1, 0.15) is 0 Å². The molecule has 0 bridgehead atoms. The molecule has 0 N–H and O–H groups in total. The van der Waals surface area contributed by atoms with E-state index < -0.39 is 11.6 Å². The van der Waals surface area contributed by atoms with Gasteiger partial charge < -0.3 is 0 Å². The van der Waals surface area contributed by atoms with E-state index in [4.69, 9.17) is 0 Å². The second-order valence-electron chi connectivity index (χ2n) is 2.57. The SMILES string of the molecule is CSc1cc2cc(F)c(F)cc2s1. The van der Waals surface area contributed by atoms with Crippen molar-refractivity contribution in [3.05, 3.63) is 29.8 Å². The normalized spacial score (nSPS) is 11.0. The third kappa shape index (κ3) is 1.56. The van der Waals surface area contributed by atoms with Gasteiger partial charge in [0.2, 0.25) is 0 Å². The Bertz CT molecular complexity index is 409. The summed E-state index contributed by atoms with van der Waals surface area (Å²) in [5.74, 6) is -1.56. The Morgan fingerprint density at radius 2 is 1.85 bits per heavy atom. The average molecular weight is 216 g/mol. The van der Waals surface area contributed by atoms with Crippen LogP contribution in [0.15, 0.2) is 22.4 Å². The van der Waals surface area contributed by atoms with E-state index in [2.05, 4.69) is 0 Å². The molecule has 0 amide bonds. The predicted molar refractivity (Wildman–Crippen MR) is 53.5 cm³/mol. The minimum Gasteiger partial charge on any atom is -0.204 e. The van der Waals surface area contributed by atoms with Crippen LogP contribution in [0.3, 0.4) is 0 Å². The van der Waals surface area contributed by atoms with Gasteiger partial charge >= 0.3 is 0 Å². The fourth-order valence-corrected chi connectivity index (χ4v) is 2.76. The standard InChI is InChI=1S/C9H6F2S2/c1-12-9-3-5-2-6(10)7(11)4-8(5)13-9/h2-4H,1H3. The second-order valence-corrected chi connectivity index (χ2v) is 4.76. The topological polar surface area (TPSA) is 0 Å². The molecule has 0 aliphatic rings. The molecule has 0 saturated heterocycles. The molecule has 13 heavy (non-hydrogen) atoms. The third-order valence-corrected chi connectivity index (χ3v) is 3.90. The predicted octanol–water partition coefficient (Wildman–Crippen LogP) is 3.90. The van der Waals surface area contributed by atoms with Crippen molar-refractivity contribution in [2.75, 3.05) is 6.26 Å². The van der Waals surface area contributed by atoms with Crippen molar-refractivity contribution in [3.63, 3.8) is 0 Å². The number of thioether (sulfide) groups is 1. The summed E-state index contributed by atoms with van der Waals surface area (Å²) in [6, 6.07) is 4.35. The van der Waals surface area contributed by atoms with Gasteiger partial charge in [-0.25, -0.2) is 8.78 Å². The summed E-state index contributed by atoms with van der Waals surface area (Å²) in [5, 5.41) is 0.772. The van der Waals surface area contributed by atoms with Gasteiger partial charge in [-0.3, -0.25) is 0 Å². The van der Waals surface area contributed by atoms with E-state index in [1.807, 2.05) is 12.3 Å². The Kier molecular flexibility index (Phi) is 2.26. The zero-order valence-corrected chi connectivity index (χ0v) is 8.44. The highest BCUT2D eigenvalue weighted by Gasteiger charge is 2.06. The lowest BCUT2D eigenvalue weighted by molar-refractivity contribution is 0.511. The van der Waals surface area contributed by atoms with Crippen LogP contribution in [0, 0.1) is 11.6 Å². The molecule has 1 aromatic heterocycles. The lowest BCUT2D eigenvalue weighted by atomic mass is 10.2. The molecule has 0 radical (unpaired) electrons. The lowest BCUT2D eigenvalue weighted by Gasteiger charge is -1.91. The van der Waals surface area contributed by atoms with Gasteiger partial charge in [-0.15, -0.1) is 23.1 Å². The Morgan fingerprint density at radius 1 is 1.15 bits per heavy atom. The first-order valence-corrected chi connectivity index (χ1v) is 5.67. The molecule has 0 aliphatic carbocycles. The van der Waals surface area contributed by atoms with E-state index in [0.29, 0.717) is 0 Å². The summed E-state index contributed by atoms with van der Waals surface area (Å²) in [4.78, 5) is 0. The van der Waals surface area contributed by atoms with Crippen LogP contribution >= 0.6 is 23.1 Å². The molecule has 0 nitrogen and oxygen atoms in total. The Morgan fingerprint density at radius 3 is 2.54 bits per heavy atom. The molecule has 2 rings (SSSR count). The number of thiophene rings is 1. The second kappa shape index (κ2) is 3.27. The van der Waals surface area contributed by atoms with Crippen LogP contribution in [0.4, 0.5) is 8.78 Å². The molecular weight excluding hydrogens is 210 g/mol. The highest BCUT2D eigenvalue weighted by atomic mass is 32.2. The fraction of sp³-hybridized carbons (Fsp3) is 0.111. The summed E-state index contributed by atoms with van der Waals surface area (Å²) >= 11 is 3.06. The van der Waals surface area contributed by atoms with Crippen LogP contribution in [-0.2, 0) is 0 Å². The van der Waals surface area contributed by atoms with Crippen LogP contribution in [0.2, 0.25) is 0 Å². The van der Waals surface area contributed by atoms with Gasteiger partial charge in [-0.05, 0) is 29.8 Å². The maximum atomic E-state index is 12.8. The van der Waals surface area contributed by atoms with Gasteiger partial charge in [0.15, 0.2) is 11.6 Å². The van der Waals surface area contributed by atoms with Crippen molar-refractivity contribution in [2.24, 2.45) is 0 Å². The maximum Gasteiger partial charge on any atom is 0.160 e. The summed E-state index contributed by atoms with van der Waals surface area (Å²) in [5.41, 5.74) is 0. The molecule has 1 heterocycles. The van der Waals surface area contributed by atoms with Crippen molar-refractivity contribution in [1.29, 1.82) is 0 Å². The number of hydrogen-bond acceptors (Lipinski definition) is 2. The van der Waals surface area contributed by atoms with Crippen LogP contribution < -0.4 is 0 Å². The molecule has 1 aromatic carbocycles. The third-order valence-electron chi connectivity index (χ3n) is 1.74. The van der Waals surface area contributed by atoms with Crippen LogP contribution in [-0.4, -0.2) is 6.26 Å². The zero-order valence-electron chi connectivity index (χ0n) is 6.80. The van der Waals surface area contributed by atoms with Gasteiger partial charge in [0.25, 0.3) is 0 Å². The minimum atomic E-state index is -0.780. The Balaban J connectivity index is 2.70. The quantitative estimate of drug-likeness (QED) is 0.651. The van der Waals surface area contributed by atoms with Crippen molar-refractivity contribution in [3.8, 4) is 0 Å². The highest BCUT2D eigenvalue weighted by molar-refractivity contribution is 8.00. The first-order valence-electron chi connectivity index (χ1n) is 3.63. The first kappa shape index (κ1) is 8.97. The fourth-order valence-electron chi connectivity index (χ4n) is 1.11. The Labute approximate surface area is 82.6 Å². The number of halogens is 2. The molecule has 0 fully saturated rings. The Hall–Kier alpha value is -0.610. The van der Waals surface area contributed by atoms with Gasteiger partial charge in [0.1, 0.15) is 0 Å². The smallest absolute Gasteiger partial charge is 0.160 e. The number of rotatable bonds is 1. The van der Waals surface area contributed by atoms with Gasteiger partial charge in [-0.1, -0.05) is 0 Å². The maximum absolute atomic E-state index is 12.8. The summed E-state index contributed by atoms with van der Waals surface area (Å²) in [6.45, 7) is 0. The van der Waals surface area contributed by atoms with Gasteiger partial charge in [-0.2, -0.15) is 0 Å². The summed E-state index contributed by atoms with van der Waals surface area (Å²) in [7, 11) is 0. The number of hydrogen-bond donors (Lipinski definition) is 0. The van der Waals surface area contributed by atoms with Gasteiger partial charge in [0.05, 0.1) is 4.21 Å². The van der Waals surface area contributed by atoms with Crippen molar-refractivity contribution in [1.82, 2.24) is 0 Å². The molecule has 0 atom stereocenters. The zero-order chi connectivity index (χ0) is 9.42. The average Bonchev–Trinajstić information content (AvgIpc) is 2.48. The van der Waals surface area contributed by atoms with Gasteiger partial charge in [0, 0.05) is 4.70 Å². The van der Waals surface area contributed by atoms with E-state index in [9.17, 15) is 8.78 Å². The molecular formula is C9H6F2S2. The molecule has 68 valence electrons. The van der Waals surface area contributed by atoms with Crippen LogP contribution in [0.25, 0.3) is 10.1 Å². The van der Waals surface area contributed by atoms with E-state index in [-0.39, 0.29) is 0 Å². The molecule has 4 heteroatoms. The summed E-state index contributed by atoms with van der Waals surface area (Å²) < 4.78 is 27.4. The van der Waals surface area contributed by atoms with E-state index in [1.54, 1.807) is 11.8 Å². The van der Waals surface area contributed by atoms with E-state index >= 15 is 0 Å².